The van der Waals surface area contributed by atoms with Crippen molar-refractivity contribution in [3.05, 3.63) is 60.8 Å². The highest BCUT2D eigenvalue weighted by Gasteiger charge is 2.19. The van der Waals surface area contributed by atoms with Gasteiger partial charge in [-0.2, -0.15) is 0 Å². The Morgan fingerprint density at radius 3 is 1.11 bits per heavy atom. The molecule has 0 heterocycles. The molecule has 0 aliphatic heterocycles. The third kappa shape index (κ3) is 42.1. The molecule has 0 aliphatic rings. The Morgan fingerprint density at radius 1 is 0.382 bits per heavy atom. The van der Waals surface area contributed by atoms with E-state index < -0.39 is 6.10 Å². The molecule has 1 atom stereocenters. The zero-order valence-electron chi connectivity index (χ0n) is 35.9. The first-order chi connectivity index (χ1) is 27.0. The molecule has 0 aliphatic carbocycles. The molecular weight excluding hydrogens is 685 g/mol. The first-order valence-corrected chi connectivity index (χ1v) is 22.8. The summed E-state index contributed by atoms with van der Waals surface area (Å²) in [6.07, 6.45) is 52.3. The molecule has 0 amide bonds. The maximum atomic E-state index is 12.6. The average molecular weight is 769 g/mol. The fourth-order valence-electron chi connectivity index (χ4n) is 6.11. The van der Waals surface area contributed by atoms with Crippen molar-refractivity contribution in [3.63, 3.8) is 0 Å². The van der Waals surface area contributed by atoms with Crippen molar-refractivity contribution in [1.82, 2.24) is 0 Å². The molecule has 0 aromatic carbocycles. The maximum absolute atomic E-state index is 12.6. The third-order valence-electron chi connectivity index (χ3n) is 9.54. The van der Waals surface area contributed by atoms with E-state index in [0.29, 0.717) is 19.3 Å². The molecule has 316 valence electrons. The highest BCUT2D eigenvalue weighted by molar-refractivity contribution is 5.71. The van der Waals surface area contributed by atoms with E-state index in [4.69, 9.17) is 14.2 Å². The molecular formula is C49H84O6. The molecule has 6 heteroatoms. The summed E-state index contributed by atoms with van der Waals surface area (Å²) in [5.74, 6) is -0.905. The summed E-state index contributed by atoms with van der Waals surface area (Å²) in [6.45, 7) is 6.41. The van der Waals surface area contributed by atoms with Crippen LogP contribution >= 0.6 is 0 Å². The lowest BCUT2D eigenvalue weighted by Gasteiger charge is -2.18. The van der Waals surface area contributed by atoms with Crippen LogP contribution in [0.2, 0.25) is 0 Å². The number of hydrogen-bond donors (Lipinski definition) is 0. The van der Waals surface area contributed by atoms with Gasteiger partial charge in [-0.25, -0.2) is 0 Å². The molecule has 0 aromatic rings. The van der Waals surface area contributed by atoms with Crippen LogP contribution in [0.4, 0.5) is 0 Å². The zero-order chi connectivity index (χ0) is 40.1. The third-order valence-corrected chi connectivity index (χ3v) is 9.54. The fraction of sp³-hybridized carbons (Fsp3) is 0.735. The average Bonchev–Trinajstić information content (AvgIpc) is 3.18. The first kappa shape index (κ1) is 52.1. The number of ether oxygens (including phenoxy) is 3. The molecule has 1 unspecified atom stereocenters. The van der Waals surface area contributed by atoms with E-state index >= 15 is 0 Å². The summed E-state index contributed by atoms with van der Waals surface area (Å²) in [5, 5.41) is 0. The Bertz CT molecular complexity index is 1020. The second kappa shape index (κ2) is 43.8. The van der Waals surface area contributed by atoms with Gasteiger partial charge in [-0.1, -0.05) is 191 Å². The maximum Gasteiger partial charge on any atom is 0.306 e. The minimum atomic E-state index is -0.770. The van der Waals surface area contributed by atoms with E-state index in [2.05, 4.69) is 81.5 Å². The lowest BCUT2D eigenvalue weighted by atomic mass is 10.1. The van der Waals surface area contributed by atoms with E-state index in [1.54, 1.807) is 0 Å². The van der Waals surface area contributed by atoms with Crippen LogP contribution in [0, 0.1) is 0 Å². The fourth-order valence-corrected chi connectivity index (χ4v) is 6.11. The van der Waals surface area contributed by atoms with Crippen molar-refractivity contribution in [3.8, 4) is 0 Å². The number of allylic oxidation sites excluding steroid dienone is 10. The van der Waals surface area contributed by atoms with Gasteiger partial charge in [0.1, 0.15) is 13.2 Å². The molecule has 0 spiro atoms. The van der Waals surface area contributed by atoms with Gasteiger partial charge in [0.15, 0.2) is 6.10 Å². The Morgan fingerprint density at radius 2 is 0.709 bits per heavy atom. The SMILES string of the molecule is CC/C=C\C/C=C\C/C=C\C/C=C\C/C=C\CCCCCCCCCC(=O)OCC(COC(=O)CCCCCCCCC)OC(=O)CCCCCCCCC. The van der Waals surface area contributed by atoms with Gasteiger partial charge in [0.25, 0.3) is 0 Å². The van der Waals surface area contributed by atoms with Crippen LogP contribution in [-0.2, 0) is 28.6 Å². The minimum absolute atomic E-state index is 0.0769. The number of rotatable bonds is 40. The molecule has 0 N–H and O–H groups in total. The highest BCUT2D eigenvalue weighted by atomic mass is 16.6. The highest BCUT2D eigenvalue weighted by Crippen LogP contribution is 2.13. The van der Waals surface area contributed by atoms with Crippen molar-refractivity contribution < 1.29 is 28.6 Å². The zero-order valence-corrected chi connectivity index (χ0v) is 35.9. The summed E-state index contributed by atoms with van der Waals surface area (Å²) >= 11 is 0. The molecule has 0 saturated heterocycles. The van der Waals surface area contributed by atoms with Crippen molar-refractivity contribution >= 4 is 17.9 Å². The molecule has 6 nitrogen and oxygen atoms in total. The van der Waals surface area contributed by atoms with Gasteiger partial charge in [0.2, 0.25) is 0 Å². The molecule has 0 aromatic heterocycles. The predicted octanol–water partition coefficient (Wildman–Crippen LogP) is 14.5. The molecule has 0 bridgehead atoms. The van der Waals surface area contributed by atoms with Crippen molar-refractivity contribution in [2.75, 3.05) is 13.2 Å². The van der Waals surface area contributed by atoms with E-state index in [1.807, 2.05) is 0 Å². The van der Waals surface area contributed by atoms with Gasteiger partial charge in [-0.15, -0.1) is 0 Å². The molecule has 0 radical (unpaired) electrons. The van der Waals surface area contributed by atoms with Crippen LogP contribution in [0.15, 0.2) is 60.8 Å². The van der Waals surface area contributed by atoms with Crippen LogP contribution in [-0.4, -0.2) is 37.2 Å². The van der Waals surface area contributed by atoms with E-state index in [-0.39, 0.29) is 31.1 Å². The molecule has 0 rings (SSSR count). The van der Waals surface area contributed by atoms with Crippen molar-refractivity contribution in [2.45, 2.75) is 219 Å². The van der Waals surface area contributed by atoms with Gasteiger partial charge >= 0.3 is 17.9 Å². The second-order valence-electron chi connectivity index (χ2n) is 14.9. The number of esters is 3. The van der Waals surface area contributed by atoms with Gasteiger partial charge < -0.3 is 14.2 Å². The lowest BCUT2D eigenvalue weighted by Crippen LogP contribution is -2.30. The Hall–Kier alpha value is -2.89. The summed E-state index contributed by atoms with van der Waals surface area (Å²) in [4.78, 5) is 37.4. The largest absolute Gasteiger partial charge is 0.462 e. The van der Waals surface area contributed by atoms with Gasteiger partial charge in [-0.05, 0) is 64.2 Å². The number of unbranched alkanes of at least 4 members (excludes halogenated alkanes) is 19. The van der Waals surface area contributed by atoms with Crippen LogP contribution in [0.5, 0.6) is 0 Å². The molecule has 0 fully saturated rings. The standard InChI is InChI=1S/C49H84O6/c1-4-7-10-13-16-17-18-19-20-21-22-23-24-25-26-27-28-29-30-31-34-36-39-42-48(51)54-45-46(55-49(52)43-40-37-33-15-12-9-6-3)44-53-47(50)41-38-35-32-14-11-8-5-2/h7,10,16-17,19-20,22-23,25-26,46H,4-6,8-9,11-15,18,21,24,27-45H2,1-3H3/b10-7-,17-16-,20-19-,23-22-,26-25-. The summed E-state index contributed by atoms with van der Waals surface area (Å²) in [5.41, 5.74) is 0. The minimum Gasteiger partial charge on any atom is -0.462 e. The summed E-state index contributed by atoms with van der Waals surface area (Å²) in [7, 11) is 0. The topological polar surface area (TPSA) is 78.9 Å². The van der Waals surface area contributed by atoms with Crippen LogP contribution in [0.3, 0.4) is 0 Å². The van der Waals surface area contributed by atoms with Gasteiger partial charge in [0.05, 0.1) is 0 Å². The van der Waals surface area contributed by atoms with Crippen LogP contribution in [0.1, 0.15) is 213 Å². The Labute approximate surface area is 339 Å². The summed E-state index contributed by atoms with van der Waals surface area (Å²) < 4.78 is 16.6. The Balaban J connectivity index is 4.14. The predicted molar refractivity (Wildman–Crippen MR) is 233 cm³/mol. The summed E-state index contributed by atoms with van der Waals surface area (Å²) in [6, 6.07) is 0. The smallest absolute Gasteiger partial charge is 0.306 e. The molecule has 55 heavy (non-hydrogen) atoms. The number of carbonyl (C=O) groups excluding carboxylic acids is 3. The van der Waals surface area contributed by atoms with Crippen LogP contribution in [0.25, 0.3) is 0 Å². The lowest BCUT2D eigenvalue weighted by molar-refractivity contribution is -0.167. The monoisotopic (exact) mass is 769 g/mol. The van der Waals surface area contributed by atoms with E-state index in [9.17, 15) is 14.4 Å². The van der Waals surface area contributed by atoms with E-state index in [1.165, 1.54) is 77.0 Å². The van der Waals surface area contributed by atoms with E-state index in [0.717, 1.165) is 96.3 Å². The van der Waals surface area contributed by atoms with Crippen molar-refractivity contribution in [1.29, 1.82) is 0 Å². The second-order valence-corrected chi connectivity index (χ2v) is 14.9. The Kier molecular flexibility index (Phi) is 41.5. The first-order valence-electron chi connectivity index (χ1n) is 22.8. The normalized spacial score (nSPS) is 12.6. The van der Waals surface area contributed by atoms with Crippen LogP contribution < -0.4 is 0 Å². The number of carbonyl (C=O) groups is 3. The van der Waals surface area contributed by atoms with Gasteiger partial charge in [-0.3, -0.25) is 14.4 Å². The quantitative estimate of drug-likeness (QED) is 0.0267. The number of hydrogen-bond acceptors (Lipinski definition) is 6. The molecule has 0 saturated carbocycles. The van der Waals surface area contributed by atoms with Crippen molar-refractivity contribution in [2.24, 2.45) is 0 Å². The van der Waals surface area contributed by atoms with Gasteiger partial charge in [0, 0.05) is 19.3 Å².